The molecular weight excluding hydrogens is 260 g/mol. The van der Waals surface area contributed by atoms with E-state index in [1.54, 1.807) is 10.9 Å². The summed E-state index contributed by atoms with van der Waals surface area (Å²) in [6.07, 6.45) is 1.80. The topological polar surface area (TPSA) is 34.9 Å². The SMILES string of the molecule is Cc1cc(C)c(C(=O)Cn2ncc3ccccc32)cc1C. The molecule has 106 valence electrons. The first-order valence-electron chi connectivity index (χ1n) is 7.08. The number of aryl methyl sites for hydroxylation is 3. The molecule has 0 spiro atoms. The van der Waals surface area contributed by atoms with Gasteiger partial charge in [-0.15, -0.1) is 0 Å². The zero-order valence-corrected chi connectivity index (χ0v) is 12.6. The first kappa shape index (κ1) is 13.6. The van der Waals surface area contributed by atoms with Crippen LogP contribution in [-0.4, -0.2) is 15.6 Å². The number of Topliss-reactive ketones (excluding diaryl/α,β-unsaturated/α-hetero) is 1. The molecule has 1 heterocycles. The number of ketones is 1. The van der Waals surface area contributed by atoms with Crippen LogP contribution in [0.4, 0.5) is 0 Å². The van der Waals surface area contributed by atoms with Crippen molar-refractivity contribution in [1.82, 2.24) is 9.78 Å². The van der Waals surface area contributed by atoms with E-state index in [0.29, 0.717) is 0 Å². The van der Waals surface area contributed by atoms with Crippen molar-refractivity contribution in [3.8, 4) is 0 Å². The zero-order chi connectivity index (χ0) is 15.0. The van der Waals surface area contributed by atoms with Crippen molar-refractivity contribution in [2.24, 2.45) is 0 Å². The van der Waals surface area contributed by atoms with E-state index in [0.717, 1.165) is 27.6 Å². The fraction of sp³-hybridized carbons (Fsp3) is 0.222. The van der Waals surface area contributed by atoms with Crippen LogP contribution in [0.15, 0.2) is 42.6 Å². The average molecular weight is 278 g/mol. The minimum atomic E-state index is 0.101. The number of carbonyl (C=O) groups excluding carboxylic acids is 1. The fourth-order valence-electron chi connectivity index (χ4n) is 2.63. The van der Waals surface area contributed by atoms with Gasteiger partial charge in [0.15, 0.2) is 5.78 Å². The third kappa shape index (κ3) is 2.47. The van der Waals surface area contributed by atoms with E-state index in [2.05, 4.69) is 18.1 Å². The number of fused-ring (bicyclic) bond motifs is 1. The Morgan fingerprint density at radius 2 is 1.76 bits per heavy atom. The normalized spacial score (nSPS) is 11.0. The number of nitrogens with zero attached hydrogens (tertiary/aromatic N) is 2. The molecule has 0 bridgehead atoms. The molecule has 0 saturated heterocycles. The lowest BCUT2D eigenvalue weighted by Gasteiger charge is -2.09. The molecule has 2 aromatic carbocycles. The van der Waals surface area contributed by atoms with Crippen LogP contribution in [0.2, 0.25) is 0 Å². The highest BCUT2D eigenvalue weighted by Crippen LogP contribution is 2.18. The van der Waals surface area contributed by atoms with Gasteiger partial charge in [0, 0.05) is 10.9 Å². The molecule has 0 atom stereocenters. The zero-order valence-electron chi connectivity index (χ0n) is 12.6. The van der Waals surface area contributed by atoms with E-state index in [9.17, 15) is 4.79 Å². The van der Waals surface area contributed by atoms with Crippen LogP contribution < -0.4 is 0 Å². The Hall–Kier alpha value is -2.42. The second-order valence-electron chi connectivity index (χ2n) is 5.54. The lowest BCUT2D eigenvalue weighted by atomic mass is 9.98. The lowest BCUT2D eigenvalue weighted by molar-refractivity contribution is 0.0968. The lowest BCUT2D eigenvalue weighted by Crippen LogP contribution is -2.13. The molecule has 3 aromatic rings. The number of para-hydroxylation sites is 1. The van der Waals surface area contributed by atoms with E-state index in [1.807, 2.05) is 44.2 Å². The highest BCUT2D eigenvalue weighted by Gasteiger charge is 2.13. The molecule has 3 rings (SSSR count). The third-order valence-corrected chi connectivity index (χ3v) is 3.99. The maximum atomic E-state index is 12.6. The van der Waals surface area contributed by atoms with Crippen LogP contribution in [0, 0.1) is 20.8 Å². The smallest absolute Gasteiger partial charge is 0.184 e. The maximum absolute atomic E-state index is 12.6. The Morgan fingerprint density at radius 1 is 1.05 bits per heavy atom. The van der Waals surface area contributed by atoms with Gasteiger partial charge >= 0.3 is 0 Å². The molecule has 3 nitrogen and oxygen atoms in total. The van der Waals surface area contributed by atoms with E-state index in [-0.39, 0.29) is 12.3 Å². The summed E-state index contributed by atoms with van der Waals surface area (Å²) >= 11 is 0. The molecule has 0 aliphatic heterocycles. The molecule has 0 radical (unpaired) electrons. The highest BCUT2D eigenvalue weighted by atomic mass is 16.1. The Morgan fingerprint density at radius 3 is 2.57 bits per heavy atom. The standard InChI is InChI=1S/C18H18N2O/c1-12-8-14(3)16(9-13(12)2)18(21)11-20-17-7-5-4-6-15(17)10-19-20/h4-10H,11H2,1-3H3. The molecule has 0 aliphatic rings. The predicted molar refractivity (Wildman–Crippen MR) is 84.7 cm³/mol. The molecule has 1 aromatic heterocycles. The van der Waals surface area contributed by atoms with Crippen LogP contribution in [0.3, 0.4) is 0 Å². The van der Waals surface area contributed by atoms with Crippen molar-refractivity contribution in [2.75, 3.05) is 0 Å². The van der Waals surface area contributed by atoms with Crippen LogP contribution in [0.25, 0.3) is 10.9 Å². The van der Waals surface area contributed by atoms with E-state index in [4.69, 9.17) is 0 Å². The van der Waals surface area contributed by atoms with Crippen molar-refractivity contribution < 1.29 is 4.79 Å². The average Bonchev–Trinajstić information content (AvgIpc) is 2.86. The summed E-state index contributed by atoms with van der Waals surface area (Å²) in [5.74, 6) is 0.101. The summed E-state index contributed by atoms with van der Waals surface area (Å²) in [7, 11) is 0. The number of aromatic nitrogens is 2. The van der Waals surface area contributed by atoms with Gasteiger partial charge in [-0.25, -0.2) is 0 Å². The summed E-state index contributed by atoms with van der Waals surface area (Å²) in [5, 5.41) is 5.38. The van der Waals surface area contributed by atoms with Gasteiger partial charge in [0.25, 0.3) is 0 Å². The van der Waals surface area contributed by atoms with Crippen LogP contribution >= 0.6 is 0 Å². The van der Waals surface area contributed by atoms with Crippen molar-refractivity contribution in [3.63, 3.8) is 0 Å². The number of rotatable bonds is 3. The van der Waals surface area contributed by atoms with Gasteiger partial charge in [0.2, 0.25) is 0 Å². The van der Waals surface area contributed by atoms with Crippen LogP contribution in [-0.2, 0) is 6.54 Å². The molecule has 0 N–H and O–H groups in total. The van der Waals surface area contributed by atoms with Gasteiger partial charge < -0.3 is 0 Å². The fourth-order valence-corrected chi connectivity index (χ4v) is 2.63. The monoisotopic (exact) mass is 278 g/mol. The predicted octanol–water partition coefficient (Wildman–Crippen LogP) is 3.84. The Balaban J connectivity index is 1.95. The summed E-state index contributed by atoms with van der Waals surface area (Å²) in [4.78, 5) is 12.6. The molecular formula is C18H18N2O. The summed E-state index contributed by atoms with van der Waals surface area (Å²) in [6.45, 7) is 6.37. The van der Waals surface area contributed by atoms with E-state index >= 15 is 0 Å². The Bertz CT molecular complexity index is 830. The molecule has 0 unspecified atom stereocenters. The number of benzene rings is 2. The third-order valence-electron chi connectivity index (χ3n) is 3.99. The minimum Gasteiger partial charge on any atom is -0.292 e. The maximum Gasteiger partial charge on any atom is 0.184 e. The first-order valence-corrected chi connectivity index (χ1v) is 7.08. The van der Waals surface area contributed by atoms with Gasteiger partial charge in [-0.05, 0) is 49.6 Å². The van der Waals surface area contributed by atoms with Crippen molar-refractivity contribution in [3.05, 3.63) is 64.8 Å². The van der Waals surface area contributed by atoms with Crippen molar-refractivity contribution >= 4 is 16.7 Å². The van der Waals surface area contributed by atoms with Crippen molar-refractivity contribution in [2.45, 2.75) is 27.3 Å². The molecule has 21 heavy (non-hydrogen) atoms. The van der Waals surface area contributed by atoms with Gasteiger partial charge in [-0.3, -0.25) is 9.48 Å². The van der Waals surface area contributed by atoms with E-state index in [1.165, 1.54) is 5.56 Å². The first-order chi connectivity index (χ1) is 10.1. The summed E-state index contributed by atoms with van der Waals surface area (Å²) in [6, 6.07) is 12.0. The van der Waals surface area contributed by atoms with Crippen LogP contribution in [0.5, 0.6) is 0 Å². The summed E-state index contributed by atoms with van der Waals surface area (Å²) < 4.78 is 1.77. The van der Waals surface area contributed by atoms with Gasteiger partial charge in [-0.1, -0.05) is 24.3 Å². The molecule has 0 fully saturated rings. The number of carbonyl (C=O) groups is 1. The highest BCUT2D eigenvalue weighted by molar-refractivity contribution is 5.98. The van der Waals surface area contributed by atoms with Gasteiger partial charge in [0.05, 0.1) is 11.7 Å². The van der Waals surface area contributed by atoms with Crippen LogP contribution in [0.1, 0.15) is 27.0 Å². The number of hydrogen-bond acceptors (Lipinski definition) is 2. The molecule has 0 saturated carbocycles. The molecule has 0 aliphatic carbocycles. The molecule has 0 amide bonds. The van der Waals surface area contributed by atoms with Gasteiger partial charge in [0.1, 0.15) is 6.54 Å². The van der Waals surface area contributed by atoms with E-state index < -0.39 is 0 Å². The largest absolute Gasteiger partial charge is 0.292 e. The second kappa shape index (κ2) is 5.17. The van der Waals surface area contributed by atoms with Gasteiger partial charge in [-0.2, -0.15) is 5.10 Å². The number of hydrogen-bond donors (Lipinski definition) is 0. The Kier molecular flexibility index (Phi) is 3.34. The summed E-state index contributed by atoms with van der Waals surface area (Å²) in [5.41, 5.74) is 5.17. The Labute approximate surface area is 124 Å². The quantitative estimate of drug-likeness (QED) is 0.682. The molecule has 3 heteroatoms. The minimum absolute atomic E-state index is 0.101. The second-order valence-corrected chi connectivity index (χ2v) is 5.54. The van der Waals surface area contributed by atoms with Crippen molar-refractivity contribution in [1.29, 1.82) is 0 Å².